The van der Waals surface area contributed by atoms with Crippen molar-refractivity contribution in [2.45, 2.75) is 52.4 Å². The molecule has 0 saturated carbocycles. The maximum Gasteiger partial charge on any atom is 0.256 e. The molecule has 0 aromatic heterocycles. The number of nitrogens with one attached hydrogen (secondary N) is 1. The van der Waals surface area contributed by atoms with Crippen LogP contribution in [0, 0.1) is 5.92 Å². The van der Waals surface area contributed by atoms with E-state index in [4.69, 9.17) is 0 Å². The van der Waals surface area contributed by atoms with Gasteiger partial charge < -0.3 is 15.1 Å². The Balaban J connectivity index is 1.58. The van der Waals surface area contributed by atoms with E-state index >= 15 is 0 Å². The molecule has 0 spiro atoms. The summed E-state index contributed by atoms with van der Waals surface area (Å²) in [5, 5.41) is 3.00. The van der Waals surface area contributed by atoms with E-state index in [-0.39, 0.29) is 11.8 Å². The Hall–Kier alpha value is -2.82. The Morgan fingerprint density at radius 2 is 1.62 bits per heavy atom. The van der Waals surface area contributed by atoms with Crippen LogP contribution in [0.3, 0.4) is 0 Å². The zero-order valence-corrected chi connectivity index (χ0v) is 19.4. The molecule has 2 amide bonds. The van der Waals surface area contributed by atoms with Gasteiger partial charge >= 0.3 is 0 Å². The van der Waals surface area contributed by atoms with Gasteiger partial charge in [0.2, 0.25) is 0 Å². The van der Waals surface area contributed by atoms with Crippen LogP contribution in [0.25, 0.3) is 0 Å². The largest absolute Gasteiger partial charge is 0.371 e. The van der Waals surface area contributed by atoms with Gasteiger partial charge in [0.1, 0.15) is 0 Å². The minimum absolute atomic E-state index is 0.0841. The number of rotatable bonds is 5. The number of carbonyl (C=O) groups excluding carboxylic acids is 2. The molecule has 5 heteroatoms. The van der Waals surface area contributed by atoms with E-state index in [1.54, 1.807) is 0 Å². The van der Waals surface area contributed by atoms with Gasteiger partial charge in [-0.25, -0.2) is 0 Å². The fourth-order valence-electron chi connectivity index (χ4n) is 4.67. The van der Waals surface area contributed by atoms with E-state index in [2.05, 4.69) is 24.1 Å². The average molecular weight is 434 g/mol. The Labute approximate surface area is 191 Å². The minimum Gasteiger partial charge on any atom is -0.371 e. The lowest BCUT2D eigenvalue weighted by Gasteiger charge is -2.34. The second-order valence-electron chi connectivity index (χ2n) is 9.26. The topological polar surface area (TPSA) is 52.7 Å². The Kier molecular flexibility index (Phi) is 7.13. The summed E-state index contributed by atoms with van der Waals surface area (Å²) in [5.74, 6) is 0.606. The highest BCUT2D eigenvalue weighted by molar-refractivity contribution is 6.06. The maximum atomic E-state index is 13.5. The van der Waals surface area contributed by atoms with Crippen LogP contribution in [-0.4, -0.2) is 42.9 Å². The molecule has 1 N–H and O–H groups in total. The lowest BCUT2D eigenvalue weighted by atomic mass is 9.98. The molecule has 32 heavy (non-hydrogen) atoms. The monoisotopic (exact) mass is 433 g/mol. The molecule has 2 fully saturated rings. The molecule has 2 aromatic rings. The first-order valence-corrected chi connectivity index (χ1v) is 12.1. The third-order valence-corrected chi connectivity index (χ3v) is 6.88. The van der Waals surface area contributed by atoms with Gasteiger partial charge in [0.05, 0.1) is 5.56 Å². The number of hydrogen-bond acceptors (Lipinski definition) is 3. The molecule has 170 valence electrons. The molecule has 2 aliphatic heterocycles. The maximum absolute atomic E-state index is 13.5. The lowest BCUT2D eigenvalue weighted by Crippen LogP contribution is -2.39. The Morgan fingerprint density at radius 1 is 0.938 bits per heavy atom. The molecule has 0 unspecified atom stereocenters. The molecular formula is C27H35N3O2. The molecule has 0 aliphatic carbocycles. The number of likely N-dealkylation sites (tertiary alicyclic amines) is 1. The summed E-state index contributed by atoms with van der Waals surface area (Å²) in [5.41, 5.74) is 4.21. The van der Waals surface area contributed by atoms with Crippen LogP contribution >= 0.6 is 0 Å². The predicted octanol–water partition coefficient (Wildman–Crippen LogP) is 5.36. The van der Waals surface area contributed by atoms with E-state index in [1.807, 2.05) is 47.4 Å². The molecular weight excluding hydrogens is 398 g/mol. The molecule has 4 rings (SSSR count). The van der Waals surface area contributed by atoms with Gasteiger partial charge in [-0.3, -0.25) is 9.59 Å². The van der Waals surface area contributed by atoms with Gasteiger partial charge in [-0.15, -0.1) is 0 Å². The van der Waals surface area contributed by atoms with E-state index in [1.165, 1.54) is 12.0 Å². The van der Waals surface area contributed by atoms with E-state index in [0.29, 0.717) is 22.7 Å². The van der Waals surface area contributed by atoms with Gasteiger partial charge in [0.25, 0.3) is 11.8 Å². The number of carbonyl (C=O) groups is 2. The van der Waals surface area contributed by atoms with Crippen LogP contribution in [0.2, 0.25) is 0 Å². The summed E-state index contributed by atoms with van der Waals surface area (Å²) in [6.07, 6.45) is 6.60. The molecule has 5 nitrogen and oxygen atoms in total. The highest BCUT2D eigenvalue weighted by Crippen LogP contribution is 2.30. The van der Waals surface area contributed by atoms with Crippen molar-refractivity contribution in [3.63, 3.8) is 0 Å². The SMILES string of the molecule is CCc1ccc(C(=O)Nc2ccc(N3CCCCC3)c(C(=O)N3CCC(C)CC3)c2)cc1. The van der Waals surface area contributed by atoms with Crippen molar-refractivity contribution in [3.8, 4) is 0 Å². The summed E-state index contributed by atoms with van der Waals surface area (Å²) >= 11 is 0. The highest BCUT2D eigenvalue weighted by atomic mass is 16.2. The van der Waals surface area contributed by atoms with Gasteiger partial charge in [-0.05, 0) is 80.3 Å². The van der Waals surface area contributed by atoms with Gasteiger partial charge in [0.15, 0.2) is 0 Å². The van der Waals surface area contributed by atoms with Crippen molar-refractivity contribution in [1.29, 1.82) is 0 Å². The average Bonchev–Trinajstić information content (AvgIpc) is 2.84. The Morgan fingerprint density at radius 3 is 2.28 bits per heavy atom. The van der Waals surface area contributed by atoms with Crippen LogP contribution in [0.4, 0.5) is 11.4 Å². The molecule has 0 radical (unpaired) electrons. The second kappa shape index (κ2) is 10.2. The van der Waals surface area contributed by atoms with Crippen LogP contribution in [-0.2, 0) is 6.42 Å². The number of hydrogen-bond donors (Lipinski definition) is 1. The van der Waals surface area contributed by atoms with Gasteiger partial charge in [-0.2, -0.15) is 0 Å². The van der Waals surface area contributed by atoms with Gasteiger partial charge in [-0.1, -0.05) is 26.0 Å². The molecule has 0 atom stereocenters. The van der Waals surface area contributed by atoms with Crippen molar-refractivity contribution < 1.29 is 9.59 Å². The first kappa shape index (κ1) is 22.4. The third-order valence-electron chi connectivity index (χ3n) is 6.88. The van der Waals surface area contributed by atoms with E-state index in [9.17, 15) is 9.59 Å². The molecule has 2 aromatic carbocycles. The van der Waals surface area contributed by atoms with Crippen molar-refractivity contribution >= 4 is 23.2 Å². The van der Waals surface area contributed by atoms with Crippen molar-refractivity contribution in [3.05, 3.63) is 59.2 Å². The van der Waals surface area contributed by atoms with Crippen LogP contribution in [0.5, 0.6) is 0 Å². The molecule has 2 aliphatic rings. The number of amides is 2. The summed E-state index contributed by atoms with van der Waals surface area (Å²) < 4.78 is 0. The normalized spacial score (nSPS) is 17.3. The Bertz CT molecular complexity index is 940. The zero-order chi connectivity index (χ0) is 22.5. The van der Waals surface area contributed by atoms with Crippen molar-refractivity contribution in [2.75, 3.05) is 36.4 Å². The van der Waals surface area contributed by atoms with Crippen molar-refractivity contribution in [2.24, 2.45) is 5.92 Å². The second-order valence-corrected chi connectivity index (χ2v) is 9.26. The smallest absolute Gasteiger partial charge is 0.256 e. The summed E-state index contributed by atoms with van der Waals surface area (Å²) in [6.45, 7) is 7.92. The standard InChI is InChI=1S/C27H35N3O2/c1-3-21-7-9-22(10-8-21)26(31)28-23-11-12-25(29-15-5-4-6-16-29)24(19-23)27(32)30-17-13-20(2)14-18-30/h7-12,19-20H,3-6,13-18H2,1-2H3,(H,28,31). The minimum atomic E-state index is -0.149. The first-order valence-electron chi connectivity index (χ1n) is 12.1. The van der Waals surface area contributed by atoms with Crippen LogP contribution < -0.4 is 10.2 Å². The quantitative estimate of drug-likeness (QED) is 0.690. The van der Waals surface area contributed by atoms with E-state index in [0.717, 1.165) is 64.0 Å². The third kappa shape index (κ3) is 5.14. The number of anilines is 2. The molecule has 2 saturated heterocycles. The molecule has 0 bridgehead atoms. The lowest BCUT2D eigenvalue weighted by molar-refractivity contribution is 0.0697. The highest BCUT2D eigenvalue weighted by Gasteiger charge is 2.26. The summed E-state index contributed by atoms with van der Waals surface area (Å²) in [6, 6.07) is 13.5. The zero-order valence-electron chi connectivity index (χ0n) is 19.4. The van der Waals surface area contributed by atoms with E-state index < -0.39 is 0 Å². The van der Waals surface area contributed by atoms with Crippen LogP contribution in [0.15, 0.2) is 42.5 Å². The number of aryl methyl sites for hydroxylation is 1. The predicted molar refractivity (Wildman–Crippen MR) is 131 cm³/mol. The summed E-state index contributed by atoms with van der Waals surface area (Å²) in [4.78, 5) is 30.7. The number of piperidine rings is 2. The number of nitrogens with zero attached hydrogens (tertiary/aromatic N) is 2. The fourth-order valence-corrected chi connectivity index (χ4v) is 4.67. The summed E-state index contributed by atoms with van der Waals surface area (Å²) in [7, 11) is 0. The fraction of sp³-hybridized carbons (Fsp3) is 0.481. The van der Waals surface area contributed by atoms with Crippen LogP contribution in [0.1, 0.15) is 72.2 Å². The molecule has 2 heterocycles. The van der Waals surface area contributed by atoms with Gasteiger partial charge in [0, 0.05) is 43.1 Å². The first-order chi connectivity index (χ1) is 15.5. The van der Waals surface area contributed by atoms with Crippen molar-refractivity contribution in [1.82, 2.24) is 4.90 Å². The number of benzene rings is 2.